The molecule has 0 aliphatic rings. The summed E-state index contributed by atoms with van der Waals surface area (Å²) in [5.41, 5.74) is 2.25. The second kappa shape index (κ2) is 6.93. The van der Waals surface area contributed by atoms with Gasteiger partial charge in [-0.2, -0.15) is 5.10 Å². The summed E-state index contributed by atoms with van der Waals surface area (Å²) in [5.74, 6) is 0. The normalized spacial score (nSPS) is 10.3. The number of aromatic nitrogens is 3. The van der Waals surface area contributed by atoms with Gasteiger partial charge in [-0.3, -0.25) is 4.98 Å². The van der Waals surface area contributed by atoms with Crippen molar-refractivity contribution >= 4 is 23.3 Å². The minimum Gasteiger partial charge on any atom is -0.334 e. The van der Waals surface area contributed by atoms with Gasteiger partial charge in [0.25, 0.3) is 0 Å². The van der Waals surface area contributed by atoms with Gasteiger partial charge < -0.3 is 10.6 Å². The van der Waals surface area contributed by atoms with Gasteiger partial charge in [0.1, 0.15) is 0 Å². The molecule has 116 valence electrons. The van der Waals surface area contributed by atoms with Crippen molar-refractivity contribution in [3.63, 3.8) is 0 Å². The SMILES string of the molecule is O=C(NCc1cccnc1)Nc1cnn(-c2ccccc2Cl)c1. The van der Waals surface area contributed by atoms with Gasteiger partial charge in [-0.15, -0.1) is 0 Å². The molecule has 3 rings (SSSR count). The first-order chi connectivity index (χ1) is 11.2. The molecule has 23 heavy (non-hydrogen) atoms. The topological polar surface area (TPSA) is 71.8 Å². The fraction of sp³-hybridized carbons (Fsp3) is 0.0625. The first kappa shape index (κ1) is 15.1. The Balaban J connectivity index is 1.61. The summed E-state index contributed by atoms with van der Waals surface area (Å²) in [6.45, 7) is 0.401. The van der Waals surface area contributed by atoms with Crippen molar-refractivity contribution in [1.29, 1.82) is 0 Å². The summed E-state index contributed by atoms with van der Waals surface area (Å²) < 4.78 is 1.61. The van der Waals surface area contributed by atoms with Crippen LogP contribution in [0.4, 0.5) is 10.5 Å². The number of amides is 2. The number of hydrogen-bond acceptors (Lipinski definition) is 3. The first-order valence-electron chi connectivity index (χ1n) is 6.96. The summed E-state index contributed by atoms with van der Waals surface area (Å²) in [4.78, 5) is 15.9. The van der Waals surface area contributed by atoms with E-state index in [-0.39, 0.29) is 6.03 Å². The van der Waals surface area contributed by atoms with Gasteiger partial charge in [0.05, 0.1) is 28.8 Å². The van der Waals surface area contributed by atoms with Gasteiger partial charge in [0.2, 0.25) is 0 Å². The highest BCUT2D eigenvalue weighted by Crippen LogP contribution is 2.20. The average Bonchev–Trinajstić information content (AvgIpc) is 3.02. The number of pyridine rings is 1. The molecule has 0 unspecified atom stereocenters. The lowest BCUT2D eigenvalue weighted by Gasteiger charge is -2.06. The number of halogens is 1. The van der Waals surface area contributed by atoms with Crippen molar-refractivity contribution in [2.45, 2.75) is 6.54 Å². The monoisotopic (exact) mass is 327 g/mol. The van der Waals surface area contributed by atoms with Gasteiger partial charge in [-0.1, -0.05) is 29.8 Å². The smallest absolute Gasteiger partial charge is 0.319 e. The largest absolute Gasteiger partial charge is 0.334 e. The number of rotatable bonds is 4. The minimum atomic E-state index is -0.312. The van der Waals surface area contributed by atoms with Crippen LogP contribution in [-0.4, -0.2) is 20.8 Å². The van der Waals surface area contributed by atoms with E-state index in [9.17, 15) is 4.79 Å². The number of benzene rings is 1. The van der Waals surface area contributed by atoms with Gasteiger partial charge in [0.15, 0.2) is 0 Å². The zero-order chi connectivity index (χ0) is 16.1. The Bertz CT molecular complexity index is 803. The number of anilines is 1. The molecule has 2 amide bonds. The second-order valence-corrected chi connectivity index (χ2v) is 5.20. The number of nitrogens with one attached hydrogen (secondary N) is 2. The molecule has 0 radical (unpaired) electrons. The molecule has 2 heterocycles. The fourth-order valence-corrected chi connectivity index (χ4v) is 2.24. The average molecular weight is 328 g/mol. The summed E-state index contributed by atoms with van der Waals surface area (Å²) in [5, 5.41) is 10.3. The Labute approximate surface area is 138 Å². The molecule has 0 aliphatic heterocycles. The zero-order valence-corrected chi connectivity index (χ0v) is 12.9. The fourth-order valence-electron chi connectivity index (χ4n) is 2.02. The maximum Gasteiger partial charge on any atom is 0.319 e. The second-order valence-electron chi connectivity index (χ2n) is 4.79. The van der Waals surface area contributed by atoms with Crippen molar-refractivity contribution in [2.24, 2.45) is 0 Å². The predicted molar refractivity (Wildman–Crippen MR) is 88.7 cm³/mol. The molecule has 0 saturated heterocycles. The summed E-state index contributed by atoms with van der Waals surface area (Å²) >= 11 is 6.12. The molecule has 0 fully saturated rings. The number of urea groups is 1. The van der Waals surface area contributed by atoms with Crippen LogP contribution in [-0.2, 0) is 6.54 Å². The van der Waals surface area contributed by atoms with E-state index in [4.69, 9.17) is 11.6 Å². The third-order valence-electron chi connectivity index (χ3n) is 3.12. The highest BCUT2D eigenvalue weighted by molar-refractivity contribution is 6.32. The van der Waals surface area contributed by atoms with E-state index in [1.54, 1.807) is 35.5 Å². The molecule has 6 nitrogen and oxygen atoms in total. The molecule has 0 atom stereocenters. The molecule has 0 aliphatic carbocycles. The van der Waals surface area contributed by atoms with Crippen LogP contribution in [0.5, 0.6) is 0 Å². The van der Waals surface area contributed by atoms with Crippen LogP contribution in [0.15, 0.2) is 61.2 Å². The van der Waals surface area contributed by atoms with E-state index >= 15 is 0 Å². The zero-order valence-electron chi connectivity index (χ0n) is 12.1. The number of carbonyl (C=O) groups excluding carboxylic acids is 1. The Morgan fingerprint density at radius 1 is 1.17 bits per heavy atom. The molecule has 2 N–H and O–H groups in total. The van der Waals surface area contributed by atoms with Gasteiger partial charge >= 0.3 is 6.03 Å². The summed E-state index contributed by atoms with van der Waals surface area (Å²) in [7, 11) is 0. The Kier molecular flexibility index (Phi) is 4.54. The van der Waals surface area contributed by atoms with Crippen molar-refractivity contribution < 1.29 is 4.79 Å². The molecular weight excluding hydrogens is 314 g/mol. The molecule has 7 heteroatoms. The lowest BCUT2D eigenvalue weighted by molar-refractivity contribution is 0.251. The number of hydrogen-bond donors (Lipinski definition) is 2. The van der Waals surface area contributed by atoms with E-state index in [1.165, 1.54) is 0 Å². The van der Waals surface area contributed by atoms with Crippen LogP contribution in [0, 0.1) is 0 Å². The van der Waals surface area contributed by atoms with Crippen LogP contribution >= 0.6 is 11.6 Å². The van der Waals surface area contributed by atoms with Crippen molar-refractivity contribution in [3.05, 3.63) is 71.8 Å². The van der Waals surface area contributed by atoms with Crippen LogP contribution in [0.1, 0.15) is 5.56 Å². The Hall–Kier alpha value is -2.86. The predicted octanol–water partition coefficient (Wildman–Crippen LogP) is 3.24. The molecule has 2 aromatic heterocycles. The van der Waals surface area contributed by atoms with Gasteiger partial charge in [-0.05, 0) is 23.8 Å². The molecular formula is C16H14ClN5O. The van der Waals surface area contributed by atoms with E-state index in [1.807, 2.05) is 30.3 Å². The quantitative estimate of drug-likeness (QED) is 0.772. The lowest BCUT2D eigenvalue weighted by Crippen LogP contribution is -2.28. The lowest BCUT2D eigenvalue weighted by atomic mass is 10.3. The molecule has 1 aromatic carbocycles. The third kappa shape index (κ3) is 3.87. The van der Waals surface area contributed by atoms with E-state index < -0.39 is 0 Å². The van der Waals surface area contributed by atoms with Crippen LogP contribution in [0.25, 0.3) is 5.69 Å². The first-order valence-corrected chi connectivity index (χ1v) is 7.33. The van der Waals surface area contributed by atoms with E-state index in [2.05, 4.69) is 20.7 Å². The molecule has 0 saturated carbocycles. The number of para-hydroxylation sites is 1. The molecule has 0 bridgehead atoms. The maximum atomic E-state index is 11.9. The maximum absolute atomic E-state index is 11.9. The van der Waals surface area contributed by atoms with Gasteiger partial charge in [-0.25, -0.2) is 9.48 Å². The number of nitrogens with zero attached hydrogens (tertiary/aromatic N) is 3. The van der Waals surface area contributed by atoms with Crippen LogP contribution < -0.4 is 10.6 Å². The van der Waals surface area contributed by atoms with Crippen molar-refractivity contribution in [1.82, 2.24) is 20.1 Å². The highest BCUT2D eigenvalue weighted by atomic mass is 35.5. The van der Waals surface area contributed by atoms with E-state index in [0.717, 1.165) is 11.3 Å². The standard InChI is InChI=1S/C16H14ClN5O/c17-14-5-1-2-6-15(14)22-11-13(10-20-22)21-16(23)19-9-12-4-3-7-18-8-12/h1-8,10-11H,9H2,(H2,19,21,23). The number of carbonyl (C=O) groups is 1. The Morgan fingerprint density at radius 2 is 2.04 bits per heavy atom. The van der Waals surface area contributed by atoms with Crippen molar-refractivity contribution in [3.8, 4) is 5.69 Å². The molecule has 0 spiro atoms. The highest BCUT2D eigenvalue weighted by Gasteiger charge is 2.07. The van der Waals surface area contributed by atoms with Crippen LogP contribution in [0.2, 0.25) is 5.02 Å². The third-order valence-corrected chi connectivity index (χ3v) is 3.44. The van der Waals surface area contributed by atoms with Crippen LogP contribution in [0.3, 0.4) is 0 Å². The molecule has 3 aromatic rings. The summed E-state index contributed by atoms with van der Waals surface area (Å²) in [6.07, 6.45) is 6.65. The van der Waals surface area contributed by atoms with Gasteiger partial charge in [0, 0.05) is 18.9 Å². The van der Waals surface area contributed by atoms with Crippen molar-refractivity contribution in [2.75, 3.05) is 5.32 Å². The minimum absolute atomic E-state index is 0.312. The summed E-state index contributed by atoms with van der Waals surface area (Å²) in [6, 6.07) is 10.8. The van der Waals surface area contributed by atoms with E-state index in [0.29, 0.717) is 17.3 Å². The Morgan fingerprint density at radius 3 is 2.83 bits per heavy atom.